The number of esters is 1. The lowest BCUT2D eigenvalue weighted by molar-refractivity contribution is -0.123. The van der Waals surface area contributed by atoms with Crippen LogP contribution in [0.2, 0.25) is 0 Å². The number of ether oxygens (including phenoxy) is 1. The summed E-state index contributed by atoms with van der Waals surface area (Å²) in [6.07, 6.45) is 0.313. The number of nitrogens with zero attached hydrogens (tertiary/aromatic N) is 1. The van der Waals surface area contributed by atoms with Crippen LogP contribution in [0.25, 0.3) is 11.1 Å². The maximum absolute atomic E-state index is 12.3. The van der Waals surface area contributed by atoms with E-state index in [1.54, 1.807) is 18.2 Å². The molecule has 1 heterocycles. The van der Waals surface area contributed by atoms with Gasteiger partial charge in [-0.1, -0.05) is 12.1 Å². The van der Waals surface area contributed by atoms with E-state index in [0.717, 1.165) is 11.1 Å². The third-order valence-corrected chi connectivity index (χ3v) is 4.01. The Labute approximate surface area is 144 Å². The van der Waals surface area contributed by atoms with Gasteiger partial charge < -0.3 is 14.5 Å². The number of carbonyl (C=O) groups excluding carboxylic acids is 2. The summed E-state index contributed by atoms with van der Waals surface area (Å²) in [5.74, 6) is -1.02. The molecule has 0 aliphatic heterocycles. The molecule has 0 bridgehead atoms. The van der Waals surface area contributed by atoms with E-state index in [0.29, 0.717) is 16.8 Å². The van der Waals surface area contributed by atoms with Crippen molar-refractivity contribution in [2.75, 3.05) is 5.32 Å². The third-order valence-electron chi connectivity index (χ3n) is 4.01. The number of oxazole rings is 1. The molecule has 128 valence electrons. The van der Waals surface area contributed by atoms with E-state index in [9.17, 15) is 9.59 Å². The van der Waals surface area contributed by atoms with Crippen molar-refractivity contribution in [1.29, 1.82) is 0 Å². The molecule has 3 aromatic rings. The van der Waals surface area contributed by atoms with Crippen molar-refractivity contribution in [3.63, 3.8) is 0 Å². The molecule has 0 saturated heterocycles. The molecule has 0 aliphatic rings. The van der Waals surface area contributed by atoms with Crippen LogP contribution in [0.4, 0.5) is 5.69 Å². The molecular formula is C19H18N2O4. The highest BCUT2D eigenvalue weighted by Gasteiger charge is 2.21. The second kappa shape index (κ2) is 6.76. The molecule has 6 nitrogen and oxygen atoms in total. The fraction of sp³-hybridized carbons (Fsp3) is 0.211. The molecule has 1 atom stereocenters. The van der Waals surface area contributed by atoms with Gasteiger partial charge >= 0.3 is 5.97 Å². The first-order valence-electron chi connectivity index (χ1n) is 7.87. The molecule has 0 spiro atoms. The lowest BCUT2D eigenvalue weighted by atomic mass is 10.1. The van der Waals surface area contributed by atoms with Crippen LogP contribution in [-0.2, 0) is 9.53 Å². The number of fused-ring (bicyclic) bond motifs is 1. The van der Waals surface area contributed by atoms with Crippen molar-refractivity contribution in [1.82, 2.24) is 4.98 Å². The van der Waals surface area contributed by atoms with Gasteiger partial charge in [0.15, 0.2) is 18.1 Å². The Hall–Kier alpha value is -3.15. The molecular weight excluding hydrogens is 320 g/mol. The van der Waals surface area contributed by atoms with Gasteiger partial charge in [0.1, 0.15) is 5.52 Å². The molecule has 1 aromatic heterocycles. The molecule has 0 aliphatic carbocycles. The molecule has 1 amide bonds. The first-order valence-corrected chi connectivity index (χ1v) is 7.87. The van der Waals surface area contributed by atoms with Crippen molar-refractivity contribution < 1.29 is 18.7 Å². The smallest absolute Gasteiger partial charge is 0.341 e. The second-order valence-electron chi connectivity index (χ2n) is 5.84. The van der Waals surface area contributed by atoms with Gasteiger partial charge in [-0.05, 0) is 56.2 Å². The number of aryl methyl sites for hydroxylation is 2. The van der Waals surface area contributed by atoms with Gasteiger partial charge in [0.25, 0.3) is 5.91 Å². The van der Waals surface area contributed by atoms with E-state index in [1.165, 1.54) is 13.3 Å². The van der Waals surface area contributed by atoms with Crippen molar-refractivity contribution in [2.24, 2.45) is 0 Å². The monoisotopic (exact) mass is 338 g/mol. The highest BCUT2D eigenvalue weighted by molar-refractivity contribution is 6.03. The Bertz CT molecular complexity index is 946. The van der Waals surface area contributed by atoms with E-state index in [4.69, 9.17) is 9.15 Å². The Balaban J connectivity index is 1.69. The van der Waals surface area contributed by atoms with Crippen LogP contribution in [0.3, 0.4) is 0 Å². The number of para-hydroxylation sites is 1. The van der Waals surface area contributed by atoms with Gasteiger partial charge in [0.05, 0.1) is 5.56 Å². The number of rotatable bonds is 4. The Morgan fingerprint density at radius 1 is 1.16 bits per heavy atom. The minimum Gasteiger partial charge on any atom is -0.449 e. The maximum atomic E-state index is 12.3. The molecule has 3 rings (SSSR count). The standard InChI is InChI=1S/C19H18N2O4/c1-11-7-8-14(9-12(11)2)21-18(22)13(3)25-19(23)15-5-4-6-16-17(15)20-10-24-16/h4-10,13H,1-3H3,(H,21,22). The summed E-state index contributed by atoms with van der Waals surface area (Å²) in [4.78, 5) is 28.6. The van der Waals surface area contributed by atoms with Crippen molar-refractivity contribution in [3.8, 4) is 0 Å². The minimum atomic E-state index is -0.948. The highest BCUT2D eigenvalue weighted by atomic mass is 16.5. The summed E-state index contributed by atoms with van der Waals surface area (Å²) in [6.45, 7) is 5.49. The van der Waals surface area contributed by atoms with Gasteiger partial charge in [0.2, 0.25) is 0 Å². The summed E-state index contributed by atoms with van der Waals surface area (Å²) in [6, 6.07) is 10.6. The fourth-order valence-corrected chi connectivity index (χ4v) is 2.39. The number of anilines is 1. The zero-order chi connectivity index (χ0) is 18.0. The Morgan fingerprint density at radius 2 is 1.96 bits per heavy atom. The molecule has 6 heteroatoms. The first-order chi connectivity index (χ1) is 12.0. The molecule has 0 fully saturated rings. The number of benzene rings is 2. The zero-order valence-corrected chi connectivity index (χ0v) is 14.2. The first kappa shape index (κ1) is 16.7. The van der Waals surface area contributed by atoms with Crippen molar-refractivity contribution in [2.45, 2.75) is 26.9 Å². The normalized spacial score (nSPS) is 12.0. The van der Waals surface area contributed by atoms with Gasteiger partial charge in [-0.2, -0.15) is 0 Å². The molecule has 1 N–H and O–H groups in total. The van der Waals surface area contributed by atoms with E-state index >= 15 is 0 Å². The third kappa shape index (κ3) is 3.52. The largest absolute Gasteiger partial charge is 0.449 e. The summed E-state index contributed by atoms with van der Waals surface area (Å²) >= 11 is 0. The van der Waals surface area contributed by atoms with Gasteiger partial charge in [-0.3, -0.25) is 4.79 Å². The van der Waals surface area contributed by atoms with Crippen LogP contribution < -0.4 is 5.32 Å². The molecule has 0 radical (unpaired) electrons. The predicted octanol–water partition coefficient (Wildman–Crippen LogP) is 3.63. The van der Waals surface area contributed by atoms with Gasteiger partial charge in [-0.25, -0.2) is 9.78 Å². The summed E-state index contributed by atoms with van der Waals surface area (Å²) < 4.78 is 10.4. The number of aromatic nitrogens is 1. The molecule has 2 aromatic carbocycles. The summed E-state index contributed by atoms with van der Waals surface area (Å²) in [7, 11) is 0. The van der Waals surface area contributed by atoms with E-state index < -0.39 is 18.0 Å². The average molecular weight is 338 g/mol. The van der Waals surface area contributed by atoms with Gasteiger partial charge in [-0.15, -0.1) is 0 Å². The summed E-state index contributed by atoms with van der Waals surface area (Å²) in [5.41, 5.74) is 4.03. The van der Waals surface area contributed by atoms with E-state index in [1.807, 2.05) is 32.0 Å². The zero-order valence-electron chi connectivity index (χ0n) is 14.2. The van der Waals surface area contributed by atoms with E-state index in [-0.39, 0.29) is 5.56 Å². The number of nitrogens with one attached hydrogen (secondary N) is 1. The SMILES string of the molecule is Cc1ccc(NC(=O)C(C)OC(=O)c2cccc3ocnc23)cc1C. The predicted molar refractivity (Wildman–Crippen MR) is 93.4 cm³/mol. The number of carbonyl (C=O) groups is 2. The highest BCUT2D eigenvalue weighted by Crippen LogP contribution is 2.19. The van der Waals surface area contributed by atoms with Crippen LogP contribution in [-0.4, -0.2) is 23.0 Å². The number of hydrogen-bond acceptors (Lipinski definition) is 5. The van der Waals surface area contributed by atoms with Crippen LogP contribution in [0.1, 0.15) is 28.4 Å². The van der Waals surface area contributed by atoms with Crippen LogP contribution in [0, 0.1) is 13.8 Å². The Kier molecular flexibility index (Phi) is 4.52. The number of amides is 1. The fourth-order valence-electron chi connectivity index (χ4n) is 2.39. The van der Waals surface area contributed by atoms with Crippen LogP contribution in [0.5, 0.6) is 0 Å². The number of hydrogen-bond donors (Lipinski definition) is 1. The Morgan fingerprint density at radius 3 is 2.72 bits per heavy atom. The van der Waals surface area contributed by atoms with E-state index in [2.05, 4.69) is 10.3 Å². The molecule has 1 unspecified atom stereocenters. The molecule has 0 saturated carbocycles. The average Bonchev–Trinajstić information content (AvgIpc) is 3.06. The van der Waals surface area contributed by atoms with Crippen molar-refractivity contribution >= 4 is 28.7 Å². The maximum Gasteiger partial charge on any atom is 0.341 e. The topological polar surface area (TPSA) is 81.4 Å². The minimum absolute atomic E-state index is 0.261. The summed E-state index contributed by atoms with van der Waals surface area (Å²) in [5, 5.41) is 2.75. The lowest BCUT2D eigenvalue weighted by Crippen LogP contribution is -2.30. The van der Waals surface area contributed by atoms with Crippen LogP contribution >= 0.6 is 0 Å². The quantitative estimate of drug-likeness (QED) is 0.735. The second-order valence-corrected chi connectivity index (χ2v) is 5.84. The lowest BCUT2D eigenvalue weighted by Gasteiger charge is -2.14. The van der Waals surface area contributed by atoms with Crippen molar-refractivity contribution in [3.05, 3.63) is 59.5 Å². The van der Waals surface area contributed by atoms with Gasteiger partial charge in [0, 0.05) is 5.69 Å². The molecule has 25 heavy (non-hydrogen) atoms. The van der Waals surface area contributed by atoms with Crippen LogP contribution in [0.15, 0.2) is 47.2 Å².